The van der Waals surface area contributed by atoms with Crippen LogP contribution in [0.3, 0.4) is 0 Å². The van der Waals surface area contributed by atoms with Gasteiger partial charge < -0.3 is 5.11 Å². The fourth-order valence-corrected chi connectivity index (χ4v) is 3.02. The molecule has 6 heteroatoms. The van der Waals surface area contributed by atoms with Gasteiger partial charge in [0.2, 0.25) is 0 Å². The molecule has 142 valence electrons. The van der Waals surface area contributed by atoms with Crippen LogP contribution in [0.1, 0.15) is 20.7 Å². The minimum atomic E-state index is -0.532. The molecule has 3 N–H and O–H groups in total. The van der Waals surface area contributed by atoms with E-state index >= 15 is 0 Å². The van der Waals surface area contributed by atoms with Crippen LogP contribution in [-0.2, 0) is 0 Å². The molecule has 6 nitrogen and oxygen atoms in total. The third kappa shape index (κ3) is 3.91. The smallest absolute Gasteiger partial charge is 0.270 e. The molecule has 4 rings (SSSR count). The van der Waals surface area contributed by atoms with Crippen LogP contribution in [0.25, 0.3) is 22.2 Å². The van der Waals surface area contributed by atoms with Gasteiger partial charge in [-0.25, -0.2) is 4.98 Å². The number of nitrogens with zero attached hydrogens (tertiary/aromatic N) is 1. The van der Waals surface area contributed by atoms with Gasteiger partial charge in [0, 0.05) is 16.5 Å². The van der Waals surface area contributed by atoms with Crippen LogP contribution in [0.2, 0.25) is 0 Å². The molecule has 29 heavy (non-hydrogen) atoms. The maximum Gasteiger partial charge on any atom is 0.270 e. The van der Waals surface area contributed by atoms with Gasteiger partial charge in [-0.3, -0.25) is 20.4 Å². The largest absolute Gasteiger partial charge is 0.508 e. The highest BCUT2D eigenvalue weighted by Gasteiger charge is 2.15. The number of hydrogen-bond acceptors (Lipinski definition) is 4. The molecular formula is C23H17N3O3. The second kappa shape index (κ2) is 7.82. The first kappa shape index (κ1) is 18.2. The van der Waals surface area contributed by atoms with Crippen LogP contribution in [0.15, 0.2) is 84.9 Å². The first-order chi connectivity index (χ1) is 14.1. The van der Waals surface area contributed by atoms with E-state index in [0.717, 1.165) is 5.56 Å². The summed E-state index contributed by atoms with van der Waals surface area (Å²) in [6.07, 6.45) is 0. The van der Waals surface area contributed by atoms with Gasteiger partial charge in [-0.1, -0.05) is 54.6 Å². The number of phenols is 1. The van der Waals surface area contributed by atoms with Gasteiger partial charge in [-0.2, -0.15) is 0 Å². The van der Waals surface area contributed by atoms with Gasteiger partial charge in [-0.15, -0.1) is 0 Å². The van der Waals surface area contributed by atoms with Crippen LogP contribution in [-0.4, -0.2) is 21.9 Å². The number of carbonyl (C=O) groups excluding carboxylic acids is 2. The van der Waals surface area contributed by atoms with Crippen molar-refractivity contribution < 1.29 is 14.7 Å². The molecule has 0 saturated heterocycles. The maximum atomic E-state index is 12.8. The molecule has 0 spiro atoms. The Morgan fingerprint density at radius 2 is 1.48 bits per heavy atom. The standard InChI is InChI=1S/C23H17N3O3/c27-17-10-6-9-16(13-17)22(28)25-26-23(29)19-14-21(15-7-2-1-3-8-15)24-20-12-5-4-11-18(19)20/h1-14,27H,(H,25,28)(H,26,29). The van der Waals surface area contributed by atoms with Crippen LogP contribution in [0.4, 0.5) is 0 Å². The molecule has 1 heterocycles. The third-order valence-corrected chi connectivity index (χ3v) is 4.43. The second-order valence-electron chi connectivity index (χ2n) is 6.40. The topological polar surface area (TPSA) is 91.3 Å². The van der Waals surface area contributed by atoms with Gasteiger partial charge >= 0.3 is 0 Å². The molecule has 0 atom stereocenters. The summed E-state index contributed by atoms with van der Waals surface area (Å²) in [4.78, 5) is 29.7. The molecule has 1 aromatic heterocycles. The molecule has 0 fully saturated rings. The van der Waals surface area contributed by atoms with Gasteiger partial charge in [0.05, 0.1) is 16.8 Å². The zero-order valence-corrected chi connectivity index (χ0v) is 15.3. The molecule has 0 aliphatic heterocycles. The summed E-state index contributed by atoms with van der Waals surface area (Å²) in [6.45, 7) is 0. The molecule has 0 aliphatic carbocycles. The van der Waals surface area contributed by atoms with Crippen LogP contribution >= 0.6 is 0 Å². The molecule has 2 amide bonds. The lowest BCUT2D eigenvalue weighted by molar-refractivity contribution is 0.0847. The Balaban J connectivity index is 1.64. The van der Waals surface area contributed by atoms with Crippen molar-refractivity contribution in [2.75, 3.05) is 0 Å². The van der Waals surface area contributed by atoms with Crippen LogP contribution in [0.5, 0.6) is 5.75 Å². The Kier molecular flexibility index (Phi) is 4.90. The first-order valence-electron chi connectivity index (χ1n) is 8.97. The molecule has 0 unspecified atom stereocenters. The van der Waals surface area contributed by atoms with E-state index in [9.17, 15) is 14.7 Å². The van der Waals surface area contributed by atoms with Gasteiger partial charge in [-0.05, 0) is 30.3 Å². The lowest BCUT2D eigenvalue weighted by Gasteiger charge is -2.11. The molecule has 4 aromatic rings. The van der Waals surface area contributed by atoms with Crippen molar-refractivity contribution in [2.45, 2.75) is 0 Å². The molecular weight excluding hydrogens is 366 g/mol. The van der Waals surface area contributed by atoms with Gasteiger partial charge in [0.1, 0.15) is 5.75 Å². The number of hydrogen-bond donors (Lipinski definition) is 3. The molecule has 0 saturated carbocycles. The zero-order chi connectivity index (χ0) is 20.2. The Morgan fingerprint density at radius 3 is 2.28 bits per heavy atom. The number of hydrazine groups is 1. The Labute approximate surface area is 166 Å². The summed E-state index contributed by atoms with van der Waals surface area (Å²) in [6, 6.07) is 24.5. The Morgan fingerprint density at radius 1 is 0.759 bits per heavy atom. The normalized spacial score (nSPS) is 10.5. The highest BCUT2D eigenvalue weighted by atomic mass is 16.3. The number of aromatic nitrogens is 1. The van der Waals surface area contributed by atoms with Crippen molar-refractivity contribution in [3.05, 3.63) is 96.1 Å². The SMILES string of the molecule is O=C(NNC(=O)c1cc(-c2ccccc2)nc2ccccc12)c1cccc(O)c1. The van der Waals surface area contributed by atoms with E-state index in [4.69, 9.17) is 0 Å². The first-order valence-corrected chi connectivity index (χ1v) is 8.97. The van der Waals surface area contributed by atoms with Crippen molar-refractivity contribution >= 4 is 22.7 Å². The third-order valence-electron chi connectivity index (χ3n) is 4.43. The van der Waals surface area contributed by atoms with E-state index in [1.54, 1.807) is 12.1 Å². The minimum absolute atomic E-state index is 0.0309. The summed E-state index contributed by atoms with van der Waals surface area (Å²) in [5.74, 6) is -1.03. The predicted octanol–water partition coefficient (Wildman–Crippen LogP) is 3.68. The van der Waals surface area contributed by atoms with Crippen molar-refractivity contribution in [1.29, 1.82) is 0 Å². The number of pyridine rings is 1. The quantitative estimate of drug-likeness (QED) is 0.471. The average molecular weight is 383 g/mol. The van der Waals surface area contributed by atoms with Crippen molar-refractivity contribution in [3.8, 4) is 17.0 Å². The number of para-hydroxylation sites is 1. The minimum Gasteiger partial charge on any atom is -0.508 e. The number of fused-ring (bicyclic) bond motifs is 1. The lowest BCUT2D eigenvalue weighted by Crippen LogP contribution is -2.41. The van der Waals surface area contributed by atoms with E-state index in [1.807, 2.05) is 54.6 Å². The van der Waals surface area contributed by atoms with Crippen molar-refractivity contribution in [2.24, 2.45) is 0 Å². The molecule has 0 bridgehead atoms. The number of nitrogens with one attached hydrogen (secondary N) is 2. The van der Waals surface area contributed by atoms with E-state index in [0.29, 0.717) is 22.2 Å². The number of rotatable bonds is 3. The summed E-state index contributed by atoms with van der Waals surface area (Å²) in [5.41, 5.74) is 7.67. The predicted molar refractivity (Wildman–Crippen MR) is 110 cm³/mol. The summed E-state index contributed by atoms with van der Waals surface area (Å²) in [7, 11) is 0. The number of aromatic hydroxyl groups is 1. The van der Waals surface area contributed by atoms with E-state index in [-0.39, 0.29) is 11.3 Å². The fraction of sp³-hybridized carbons (Fsp3) is 0. The molecule has 0 aliphatic rings. The summed E-state index contributed by atoms with van der Waals surface area (Å²) in [5, 5.41) is 10.2. The van der Waals surface area contributed by atoms with Gasteiger partial charge in [0.15, 0.2) is 0 Å². The number of benzene rings is 3. The van der Waals surface area contributed by atoms with E-state index < -0.39 is 11.8 Å². The monoisotopic (exact) mass is 383 g/mol. The average Bonchev–Trinajstić information content (AvgIpc) is 2.77. The van der Waals surface area contributed by atoms with Crippen LogP contribution < -0.4 is 10.9 Å². The number of carbonyl (C=O) groups is 2. The van der Waals surface area contributed by atoms with E-state index in [1.165, 1.54) is 18.2 Å². The van der Waals surface area contributed by atoms with Crippen molar-refractivity contribution in [1.82, 2.24) is 15.8 Å². The Bertz CT molecular complexity index is 1210. The second-order valence-corrected chi connectivity index (χ2v) is 6.40. The highest BCUT2D eigenvalue weighted by Crippen LogP contribution is 2.24. The van der Waals surface area contributed by atoms with Crippen molar-refractivity contribution in [3.63, 3.8) is 0 Å². The fourth-order valence-electron chi connectivity index (χ4n) is 3.02. The van der Waals surface area contributed by atoms with Gasteiger partial charge in [0.25, 0.3) is 11.8 Å². The number of phenolic OH excluding ortho intramolecular Hbond substituents is 1. The lowest BCUT2D eigenvalue weighted by atomic mass is 10.0. The van der Waals surface area contributed by atoms with Crippen LogP contribution in [0, 0.1) is 0 Å². The highest BCUT2D eigenvalue weighted by molar-refractivity contribution is 6.08. The Hall–Kier alpha value is -4.19. The molecule has 3 aromatic carbocycles. The van der Waals surface area contributed by atoms with E-state index in [2.05, 4.69) is 15.8 Å². The number of amides is 2. The summed E-state index contributed by atoms with van der Waals surface area (Å²) < 4.78 is 0. The molecule has 0 radical (unpaired) electrons. The summed E-state index contributed by atoms with van der Waals surface area (Å²) >= 11 is 0. The maximum absolute atomic E-state index is 12.8. The zero-order valence-electron chi connectivity index (χ0n) is 15.3.